The number of carbonyl (C=O) groups is 1. The van der Waals surface area contributed by atoms with E-state index in [9.17, 15) is 4.79 Å². The van der Waals surface area contributed by atoms with Crippen LogP contribution in [0.1, 0.15) is 18.5 Å². The van der Waals surface area contributed by atoms with Crippen molar-refractivity contribution in [2.45, 2.75) is 17.9 Å². The van der Waals surface area contributed by atoms with Crippen LogP contribution in [0, 0.1) is 0 Å². The molecular weight excluding hydrogens is 366 g/mol. The monoisotopic (exact) mass is 387 g/mol. The number of hydrogen-bond donors (Lipinski definition) is 1. The number of carbonyl (C=O) groups excluding carboxylic acids is 1. The molecule has 0 radical (unpaired) electrons. The molecule has 2 heterocycles. The van der Waals surface area contributed by atoms with E-state index in [0.717, 1.165) is 33.5 Å². The molecule has 1 N–H and O–H groups in total. The second kappa shape index (κ2) is 8.00. The molecule has 1 atom stereocenters. The van der Waals surface area contributed by atoms with Crippen molar-refractivity contribution in [1.82, 2.24) is 5.32 Å². The fourth-order valence-electron chi connectivity index (χ4n) is 2.96. The quantitative estimate of drug-likeness (QED) is 0.795. The maximum atomic E-state index is 12.3. The zero-order valence-corrected chi connectivity index (χ0v) is 15.8. The molecule has 0 bridgehead atoms. The first-order chi connectivity index (χ1) is 13.2. The normalized spacial score (nSPS) is 15.7. The summed E-state index contributed by atoms with van der Waals surface area (Å²) in [6.45, 7) is 4.19. The van der Waals surface area contributed by atoms with Gasteiger partial charge >= 0.3 is 0 Å². The Labute approximate surface area is 162 Å². The van der Waals surface area contributed by atoms with E-state index in [0.29, 0.717) is 32.2 Å². The highest BCUT2D eigenvalue weighted by Crippen LogP contribution is 2.34. The molecule has 6 nitrogen and oxygen atoms in total. The molecule has 142 valence electrons. The van der Waals surface area contributed by atoms with Gasteiger partial charge in [0.15, 0.2) is 23.0 Å². The van der Waals surface area contributed by atoms with Gasteiger partial charge in [0.2, 0.25) is 5.91 Å². The number of ether oxygens (including phenoxy) is 4. The lowest BCUT2D eigenvalue weighted by molar-refractivity contribution is -0.119. The van der Waals surface area contributed by atoms with Crippen LogP contribution >= 0.6 is 11.8 Å². The van der Waals surface area contributed by atoms with Crippen molar-refractivity contribution in [2.75, 3.05) is 32.2 Å². The SMILES string of the molecule is C[C@H](NC(=O)CSc1ccc2c(c1)OCCO2)c1ccc2c(c1)OCCO2. The van der Waals surface area contributed by atoms with Gasteiger partial charge in [0.05, 0.1) is 11.8 Å². The van der Waals surface area contributed by atoms with E-state index in [1.165, 1.54) is 11.8 Å². The summed E-state index contributed by atoms with van der Waals surface area (Å²) in [7, 11) is 0. The molecule has 27 heavy (non-hydrogen) atoms. The Morgan fingerprint density at radius 1 is 0.926 bits per heavy atom. The van der Waals surface area contributed by atoms with Crippen LogP contribution < -0.4 is 24.3 Å². The van der Waals surface area contributed by atoms with Gasteiger partial charge in [-0.25, -0.2) is 0 Å². The Kier molecular flexibility index (Phi) is 5.29. The minimum Gasteiger partial charge on any atom is -0.486 e. The number of nitrogens with one attached hydrogen (secondary N) is 1. The number of benzene rings is 2. The highest BCUT2D eigenvalue weighted by atomic mass is 32.2. The van der Waals surface area contributed by atoms with Gasteiger partial charge in [-0.15, -0.1) is 11.8 Å². The van der Waals surface area contributed by atoms with Crippen LogP contribution in [0.4, 0.5) is 0 Å². The van der Waals surface area contributed by atoms with Crippen molar-refractivity contribution in [1.29, 1.82) is 0 Å². The van der Waals surface area contributed by atoms with Gasteiger partial charge in [0.25, 0.3) is 0 Å². The maximum absolute atomic E-state index is 12.3. The second-order valence-corrected chi connectivity index (χ2v) is 7.34. The first-order valence-corrected chi connectivity index (χ1v) is 9.89. The second-order valence-electron chi connectivity index (χ2n) is 6.29. The minimum absolute atomic E-state index is 0.0303. The van der Waals surface area contributed by atoms with Gasteiger partial charge in [-0.1, -0.05) is 6.07 Å². The lowest BCUT2D eigenvalue weighted by atomic mass is 10.1. The first kappa shape index (κ1) is 17.9. The topological polar surface area (TPSA) is 66.0 Å². The molecule has 0 fully saturated rings. The lowest BCUT2D eigenvalue weighted by Crippen LogP contribution is -2.28. The highest BCUT2D eigenvalue weighted by molar-refractivity contribution is 8.00. The van der Waals surface area contributed by atoms with Crippen molar-refractivity contribution < 1.29 is 23.7 Å². The average molecular weight is 387 g/mol. The molecule has 4 rings (SSSR count). The summed E-state index contributed by atoms with van der Waals surface area (Å²) in [6.07, 6.45) is 0. The molecule has 0 saturated heterocycles. The number of amides is 1. The van der Waals surface area contributed by atoms with Crippen molar-refractivity contribution in [3.05, 3.63) is 42.0 Å². The number of fused-ring (bicyclic) bond motifs is 2. The molecule has 2 aliphatic rings. The summed E-state index contributed by atoms with van der Waals surface area (Å²) in [5, 5.41) is 3.02. The summed E-state index contributed by atoms with van der Waals surface area (Å²) in [4.78, 5) is 13.3. The van der Waals surface area contributed by atoms with E-state index in [1.807, 2.05) is 43.3 Å². The Hall–Kier alpha value is -2.54. The molecule has 7 heteroatoms. The molecule has 0 saturated carbocycles. The van der Waals surface area contributed by atoms with E-state index < -0.39 is 0 Å². The predicted molar refractivity (Wildman–Crippen MR) is 102 cm³/mol. The Morgan fingerprint density at radius 2 is 1.52 bits per heavy atom. The van der Waals surface area contributed by atoms with Crippen molar-refractivity contribution in [2.24, 2.45) is 0 Å². The fourth-order valence-corrected chi connectivity index (χ4v) is 3.69. The lowest BCUT2D eigenvalue weighted by Gasteiger charge is -2.21. The summed E-state index contributed by atoms with van der Waals surface area (Å²) in [5.74, 6) is 3.26. The molecule has 0 aliphatic carbocycles. The molecular formula is C20H21NO5S. The van der Waals surface area contributed by atoms with Crippen molar-refractivity contribution in [3.8, 4) is 23.0 Å². The molecule has 1 amide bonds. The molecule has 0 aromatic heterocycles. The zero-order valence-electron chi connectivity index (χ0n) is 15.0. The van der Waals surface area contributed by atoms with E-state index >= 15 is 0 Å². The average Bonchev–Trinajstić information content (AvgIpc) is 2.71. The number of rotatable bonds is 5. The van der Waals surface area contributed by atoms with Crippen molar-refractivity contribution in [3.63, 3.8) is 0 Å². The van der Waals surface area contributed by atoms with Gasteiger partial charge in [-0.3, -0.25) is 4.79 Å². The number of hydrogen-bond acceptors (Lipinski definition) is 6. The molecule has 2 aliphatic heterocycles. The minimum atomic E-state index is -0.116. The third kappa shape index (κ3) is 4.24. The van der Waals surface area contributed by atoms with E-state index in [1.54, 1.807) is 0 Å². The van der Waals surface area contributed by atoms with Crippen LogP contribution in [-0.2, 0) is 4.79 Å². The van der Waals surface area contributed by atoms with E-state index in [2.05, 4.69) is 5.32 Å². The van der Waals surface area contributed by atoms with Crippen molar-refractivity contribution >= 4 is 17.7 Å². The van der Waals surface area contributed by atoms with Gasteiger partial charge in [-0.2, -0.15) is 0 Å². The fraction of sp³-hybridized carbons (Fsp3) is 0.350. The smallest absolute Gasteiger partial charge is 0.230 e. The standard InChI is InChI=1S/C20H21NO5S/c1-13(14-2-4-16-18(10-14)25-8-6-23-16)21-20(22)12-27-15-3-5-17-19(11-15)26-9-7-24-17/h2-5,10-11,13H,6-9,12H2,1H3,(H,21,22)/t13-/m0/s1. The van der Waals surface area contributed by atoms with Gasteiger partial charge in [0, 0.05) is 4.90 Å². The van der Waals surface area contributed by atoms with Crippen LogP contribution in [-0.4, -0.2) is 38.1 Å². The van der Waals surface area contributed by atoms with Gasteiger partial charge in [0.1, 0.15) is 26.4 Å². The summed E-state index contributed by atoms with van der Waals surface area (Å²) in [5.41, 5.74) is 0.983. The van der Waals surface area contributed by atoms with Crippen LogP contribution in [0.15, 0.2) is 41.3 Å². The Bertz CT molecular complexity index is 841. The van der Waals surface area contributed by atoms with E-state index in [4.69, 9.17) is 18.9 Å². The predicted octanol–water partition coefficient (Wildman–Crippen LogP) is 3.20. The van der Waals surface area contributed by atoms with Gasteiger partial charge in [-0.05, 0) is 42.8 Å². The molecule has 0 spiro atoms. The van der Waals surface area contributed by atoms with Crippen LogP contribution in [0.2, 0.25) is 0 Å². The van der Waals surface area contributed by atoms with Crippen LogP contribution in [0.25, 0.3) is 0 Å². The zero-order chi connectivity index (χ0) is 18.6. The largest absolute Gasteiger partial charge is 0.486 e. The summed E-state index contributed by atoms with van der Waals surface area (Å²) < 4.78 is 22.2. The third-order valence-electron chi connectivity index (χ3n) is 4.33. The van der Waals surface area contributed by atoms with Gasteiger partial charge < -0.3 is 24.3 Å². The maximum Gasteiger partial charge on any atom is 0.230 e. The van der Waals surface area contributed by atoms with E-state index in [-0.39, 0.29) is 11.9 Å². The molecule has 2 aromatic rings. The highest BCUT2D eigenvalue weighted by Gasteiger charge is 2.17. The Morgan fingerprint density at radius 3 is 2.22 bits per heavy atom. The van der Waals surface area contributed by atoms with Crippen LogP contribution in [0.5, 0.6) is 23.0 Å². The first-order valence-electron chi connectivity index (χ1n) is 8.90. The molecule has 2 aromatic carbocycles. The Balaban J connectivity index is 1.32. The summed E-state index contributed by atoms with van der Waals surface area (Å²) in [6, 6.07) is 11.4. The number of thioether (sulfide) groups is 1. The molecule has 0 unspecified atom stereocenters. The third-order valence-corrected chi connectivity index (χ3v) is 5.32. The summed E-state index contributed by atoms with van der Waals surface area (Å²) >= 11 is 1.47. The van der Waals surface area contributed by atoms with Crippen LogP contribution in [0.3, 0.4) is 0 Å².